The number of nitrogens with zero attached hydrogens (tertiary/aromatic N) is 2. The predicted molar refractivity (Wildman–Crippen MR) is 109 cm³/mol. The zero-order chi connectivity index (χ0) is 19.0. The van der Waals surface area contributed by atoms with Gasteiger partial charge in [0.25, 0.3) is 0 Å². The highest BCUT2D eigenvalue weighted by Gasteiger charge is 2.33. The fourth-order valence-electron chi connectivity index (χ4n) is 4.59. The van der Waals surface area contributed by atoms with Gasteiger partial charge in [-0.25, -0.2) is 0 Å². The summed E-state index contributed by atoms with van der Waals surface area (Å²) in [5.74, 6) is 1.92. The summed E-state index contributed by atoms with van der Waals surface area (Å²) >= 11 is 0. The maximum atomic E-state index is 5.72. The molecule has 1 atom stereocenters. The summed E-state index contributed by atoms with van der Waals surface area (Å²) in [5.41, 5.74) is 0.350. The third-order valence-corrected chi connectivity index (χ3v) is 6.27. The Hall–Kier alpha value is -1.53. The predicted octanol–water partition coefficient (Wildman–Crippen LogP) is 3.18. The highest BCUT2D eigenvalue weighted by atomic mass is 16.5. The SMILES string of the molecule is CN=C(NCC(c1ccco1)N1CCCC1)NCC1(CCOC)CCCC1. The molecule has 1 aliphatic heterocycles. The third-order valence-electron chi connectivity index (χ3n) is 6.27. The quantitative estimate of drug-likeness (QED) is 0.512. The van der Waals surface area contributed by atoms with E-state index in [0.717, 1.165) is 50.9 Å². The normalized spacial score (nSPS) is 21.5. The number of nitrogens with one attached hydrogen (secondary N) is 2. The van der Waals surface area contributed by atoms with Gasteiger partial charge in [-0.1, -0.05) is 12.8 Å². The van der Waals surface area contributed by atoms with Crippen LogP contribution in [0.2, 0.25) is 0 Å². The molecular weight excluding hydrogens is 340 g/mol. The van der Waals surface area contributed by atoms with Crippen LogP contribution in [0.3, 0.4) is 0 Å². The summed E-state index contributed by atoms with van der Waals surface area (Å²) in [4.78, 5) is 6.96. The van der Waals surface area contributed by atoms with Crippen molar-refractivity contribution in [1.82, 2.24) is 15.5 Å². The molecule has 1 aliphatic carbocycles. The lowest BCUT2D eigenvalue weighted by Gasteiger charge is -2.31. The van der Waals surface area contributed by atoms with Crippen LogP contribution >= 0.6 is 0 Å². The van der Waals surface area contributed by atoms with E-state index in [2.05, 4.69) is 26.6 Å². The van der Waals surface area contributed by atoms with Crippen LogP contribution < -0.4 is 10.6 Å². The van der Waals surface area contributed by atoms with Gasteiger partial charge in [-0.2, -0.15) is 0 Å². The van der Waals surface area contributed by atoms with Gasteiger partial charge in [-0.3, -0.25) is 9.89 Å². The Morgan fingerprint density at radius 1 is 1.26 bits per heavy atom. The zero-order valence-corrected chi connectivity index (χ0v) is 17.0. The molecule has 6 nitrogen and oxygen atoms in total. The number of ether oxygens (including phenoxy) is 1. The lowest BCUT2D eigenvalue weighted by Crippen LogP contribution is -2.46. The standard InChI is InChI=1S/C21H36N4O2/c1-22-20(24-17-21(11-15-26-2)9-3-4-10-21)23-16-18(19-8-7-14-27-19)25-12-5-6-13-25/h7-8,14,18H,3-6,9-13,15-17H2,1-2H3,(H2,22,23,24). The molecule has 2 N–H and O–H groups in total. The van der Waals surface area contributed by atoms with E-state index >= 15 is 0 Å². The summed E-state index contributed by atoms with van der Waals surface area (Å²) in [7, 11) is 3.65. The van der Waals surface area contributed by atoms with Crippen LogP contribution in [0.25, 0.3) is 0 Å². The van der Waals surface area contributed by atoms with Gasteiger partial charge in [0.1, 0.15) is 5.76 Å². The summed E-state index contributed by atoms with van der Waals surface area (Å²) < 4.78 is 11.1. The summed E-state index contributed by atoms with van der Waals surface area (Å²) in [5, 5.41) is 7.12. The molecule has 1 unspecified atom stereocenters. The first-order valence-corrected chi connectivity index (χ1v) is 10.5. The Labute approximate surface area is 163 Å². The van der Waals surface area contributed by atoms with Crippen LogP contribution in [-0.4, -0.2) is 57.8 Å². The number of methoxy groups -OCH3 is 1. The minimum atomic E-state index is 0.259. The lowest BCUT2D eigenvalue weighted by atomic mass is 9.83. The van der Waals surface area contributed by atoms with Crippen LogP contribution in [0, 0.1) is 5.41 Å². The molecule has 6 heteroatoms. The van der Waals surface area contributed by atoms with Crippen molar-refractivity contribution in [3.63, 3.8) is 0 Å². The highest BCUT2D eigenvalue weighted by Crippen LogP contribution is 2.40. The van der Waals surface area contributed by atoms with Crippen LogP contribution in [0.5, 0.6) is 0 Å². The Morgan fingerprint density at radius 2 is 2.04 bits per heavy atom. The molecule has 1 saturated heterocycles. The molecule has 1 aromatic rings. The minimum absolute atomic E-state index is 0.259. The Morgan fingerprint density at radius 3 is 2.67 bits per heavy atom. The van der Waals surface area contributed by atoms with Gasteiger partial charge in [0.2, 0.25) is 0 Å². The molecule has 2 fully saturated rings. The van der Waals surface area contributed by atoms with Crippen molar-refractivity contribution in [2.75, 3.05) is 46.9 Å². The van der Waals surface area contributed by atoms with Crippen molar-refractivity contribution >= 4 is 5.96 Å². The van der Waals surface area contributed by atoms with Crippen LogP contribution in [0.15, 0.2) is 27.8 Å². The van der Waals surface area contributed by atoms with Gasteiger partial charge in [0, 0.05) is 33.9 Å². The molecule has 1 aromatic heterocycles. The monoisotopic (exact) mass is 376 g/mol. The van der Waals surface area contributed by atoms with E-state index in [4.69, 9.17) is 9.15 Å². The third kappa shape index (κ3) is 5.48. The van der Waals surface area contributed by atoms with E-state index < -0.39 is 0 Å². The molecule has 0 radical (unpaired) electrons. The molecule has 2 aliphatic rings. The summed E-state index contributed by atoms with van der Waals surface area (Å²) in [6.45, 7) is 4.88. The van der Waals surface area contributed by atoms with Crippen LogP contribution in [0.4, 0.5) is 0 Å². The number of likely N-dealkylation sites (tertiary alicyclic amines) is 1. The van der Waals surface area contributed by atoms with Gasteiger partial charge >= 0.3 is 0 Å². The number of hydrogen-bond acceptors (Lipinski definition) is 4. The van der Waals surface area contributed by atoms with Gasteiger partial charge in [0.15, 0.2) is 5.96 Å². The van der Waals surface area contributed by atoms with Crippen molar-refractivity contribution < 1.29 is 9.15 Å². The van der Waals surface area contributed by atoms with Gasteiger partial charge in [-0.15, -0.1) is 0 Å². The highest BCUT2D eigenvalue weighted by molar-refractivity contribution is 5.79. The molecule has 2 heterocycles. The molecule has 27 heavy (non-hydrogen) atoms. The maximum absolute atomic E-state index is 5.72. The average molecular weight is 377 g/mol. The molecule has 0 aromatic carbocycles. The largest absolute Gasteiger partial charge is 0.468 e. The summed E-state index contributed by atoms with van der Waals surface area (Å²) in [6, 6.07) is 4.32. The first kappa shape index (κ1) is 20.2. The first-order valence-electron chi connectivity index (χ1n) is 10.5. The Balaban J connectivity index is 1.54. The summed E-state index contributed by atoms with van der Waals surface area (Å²) in [6.07, 6.45) is 10.6. The molecule has 0 spiro atoms. The lowest BCUT2D eigenvalue weighted by molar-refractivity contribution is 0.138. The van der Waals surface area contributed by atoms with Gasteiger partial charge < -0.3 is 19.8 Å². The van der Waals surface area contributed by atoms with E-state index in [0.29, 0.717) is 5.41 Å². The van der Waals surface area contributed by atoms with E-state index in [1.165, 1.54) is 38.5 Å². The first-order chi connectivity index (χ1) is 13.3. The van der Waals surface area contributed by atoms with Crippen molar-refractivity contribution in [3.05, 3.63) is 24.2 Å². The van der Waals surface area contributed by atoms with Crippen molar-refractivity contribution in [2.45, 2.75) is 51.0 Å². The number of hydrogen-bond donors (Lipinski definition) is 2. The zero-order valence-electron chi connectivity index (χ0n) is 17.0. The topological polar surface area (TPSA) is 62.0 Å². The second kappa shape index (κ2) is 10.1. The second-order valence-electron chi connectivity index (χ2n) is 8.03. The number of rotatable bonds is 9. The molecule has 1 saturated carbocycles. The average Bonchev–Trinajstić information content (AvgIpc) is 3.46. The van der Waals surface area contributed by atoms with Crippen LogP contribution in [0.1, 0.15) is 56.7 Å². The van der Waals surface area contributed by atoms with E-state index in [1.807, 2.05) is 13.1 Å². The number of guanidine groups is 1. The van der Waals surface area contributed by atoms with Crippen molar-refractivity contribution in [1.29, 1.82) is 0 Å². The van der Waals surface area contributed by atoms with E-state index in [-0.39, 0.29) is 6.04 Å². The maximum Gasteiger partial charge on any atom is 0.191 e. The Kier molecular flexibility index (Phi) is 7.59. The smallest absolute Gasteiger partial charge is 0.191 e. The molecule has 0 bridgehead atoms. The molecule has 152 valence electrons. The van der Waals surface area contributed by atoms with E-state index in [9.17, 15) is 0 Å². The molecular formula is C21H36N4O2. The fourth-order valence-corrected chi connectivity index (χ4v) is 4.59. The number of aliphatic imine (C=N–C) groups is 1. The second-order valence-corrected chi connectivity index (χ2v) is 8.03. The van der Waals surface area contributed by atoms with Crippen molar-refractivity contribution in [3.8, 4) is 0 Å². The molecule has 0 amide bonds. The van der Waals surface area contributed by atoms with E-state index in [1.54, 1.807) is 13.4 Å². The van der Waals surface area contributed by atoms with Crippen LogP contribution in [-0.2, 0) is 4.74 Å². The minimum Gasteiger partial charge on any atom is -0.468 e. The Bertz CT molecular complexity index is 561. The molecule has 3 rings (SSSR count). The van der Waals surface area contributed by atoms with Crippen molar-refractivity contribution in [2.24, 2.45) is 10.4 Å². The number of furan rings is 1. The van der Waals surface area contributed by atoms with Gasteiger partial charge in [-0.05, 0) is 62.7 Å². The van der Waals surface area contributed by atoms with Gasteiger partial charge in [0.05, 0.1) is 12.3 Å². The fraction of sp³-hybridized carbons (Fsp3) is 0.762.